The van der Waals surface area contributed by atoms with Crippen LogP contribution >= 0.6 is 0 Å². The first-order valence-electron chi connectivity index (χ1n) is 6.05. The minimum Gasteiger partial charge on any atom is -0.392 e. The summed E-state index contributed by atoms with van der Waals surface area (Å²) >= 11 is 0. The quantitative estimate of drug-likeness (QED) is 0.561. The number of hydrogen-bond acceptors (Lipinski definition) is 4. The lowest BCUT2D eigenvalue weighted by Gasteiger charge is -2.50. The van der Waals surface area contributed by atoms with Crippen LogP contribution in [0.1, 0.15) is 26.7 Å². The van der Waals surface area contributed by atoms with Gasteiger partial charge in [0, 0.05) is 11.8 Å². The van der Waals surface area contributed by atoms with Crippen LogP contribution in [-0.2, 0) is 9.59 Å². The number of carbonyl (C=O) groups excluding carboxylic acids is 2. The zero-order chi connectivity index (χ0) is 13.7. The van der Waals surface area contributed by atoms with Gasteiger partial charge in [-0.25, -0.2) is 0 Å². The topological polar surface area (TPSA) is 74.6 Å². The van der Waals surface area contributed by atoms with Crippen molar-refractivity contribution in [3.05, 3.63) is 24.3 Å². The molecule has 2 rings (SSSR count). The van der Waals surface area contributed by atoms with Crippen molar-refractivity contribution in [2.75, 3.05) is 0 Å². The number of aliphatic hydroxyl groups is 2. The molecule has 4 heteroatoms. The van der Waals surface area contributed by atoms with Crippen LogP contribution in [0.5, 0.6) is 0 Å². The molecule has 2 N–H and O–H groups in total. The Morgan fingerprint density at radius 1 is 1.50 bits per heavy atom. The van der Waals surface area contributed by atoms with Gasteiger partial charge in [-0.1, -0.05) is 19.9 Å². The van der Waals surface area contributed by atoms with Crippen molar-refractivity contribution in [3.8, 4) is 0 Å². The van der Waals surface area contributed by atoms with Crippen LogP contribution in [0, 0.1) is 11.3 Å². The molecule has 0 aromatic rings. The summed E-state index contributed by atoms with van der Waals surface area (Å²) in [6, 6.07) is 0. The van der Waals surface area contributed by atoms with Crippen molar-refractivity contribution in [3.63, 3.8) is 0 Å². The number of allylic oxidation sites excluding steroid dienone is 2. The van der Waals surface area contributed by atoms with Crippen LogP contribution in [-0.4, -0.2) is 33.5 Å². The molecule has 98 valence electrons. The summed E-state index contributed by atoms with van der Waals surface area (Å²) in [6.45, 7) is 6.92. The third kappa shape index (κ3) is 1.52. The Morgan fingerprint density at radius 3 is 2.67 bits per heavy atom. The third-order valence-corrected chi connectivity index (χ3v) is 4.26. The molecule has 18 heavy (non-hydrogen) atoms. The van der Waals surface area contributed by atoms with Crippen LogP contribution < -0.4 is 0 Å². The van der Waals surface area contributed by atoms with E-state index in [1.54, 1.807) is 13.8 Å². The highest BCUT2D eigenvalue weighted by Gasteiger charge is 2.61. The van der Waals surface area contributed by atoms with Crippen molar-refractivity contribution in [1.29, 1.82) is 0 Å². The number of hydrogen-bond donors (Lipinski definition) is 2. The van der Waals surface area contributed by atoms with Crippen molar-refractivity contribution < 1.29 is 19.8 Å². The molecular formula is C14H18O4. The first-order chi connectivity index (χ1) is 8.25. The van der Waals surface area contributed by atoms with Crippen molar-refractivity contribution >= 4 is 11.6 Å². The number of ketones is 2. The second-order valence-electron chi connectivity index (χ2n) is 5.76. The van der Waals surface area contributed by atoms with E-state index in [-0.39, 0.29) is 18.6 Å². The molecule has 0 aromatic carbocycles. The Kier molecular flexibility index (Phi) is 2.83. The predicted octanol–water partition coefficient (Wildman–Crippen LogP) is 0.779. The average molecular weight is 250 g/mol. The van der Waals surface area contributed by atoms with E-state index >= 15 is 0 Å². The highest BCUT2D eigenvalue weighted by Crippen LogP contribution is 2.49. The summed E-state index contributed by atoms with van der Waals surface area (Å²) in [4.78, 5) is 24.4. The standard InChI is InChI=1S/C14H18O4/c1-4-5-8-6-9(15)11-12(17)14(8,18)7-10(16)13(11,2)3/h4,6,10-11,16,18H,1,5,7H2,2-3H3/t10-,11-,14-/m1/s1. The lowest BCUT2D eigenvalue weighted by molar-refractivity contribution is -0.168. The van der Waals surface area contributed by atoms with Crippen molar-refractivity contribution in [1.82, 2.24) is 0 Å². The predicted molar refractivity (Wildman–Crippen MR) is 65.8 cm³/mol. The molecule has 0 spiro atoms. The first-order valence-corrected chi connectivity index (χ1v) is 6.05. The van der Waals surface area contributed by atoms with Gasteiger partial charge in [-0.3, -0.25) is 9.59 Å². The fourth-order valence-electron chi connectivity index (χ4n) is 2.96. The highest BCUT2D eigenvalue weighted by molar-refractivity contribution is 6.16. The average Bonchev–Trinajstić information content (AvgIpc) is 2.24. The second kappa shape index (κ2) is 3.87. The summed E-state index contributed by atoms with van der Waals surface area (Å²) < 4.78 is 0. The zero-order valence-electron chi connectivity index (χ0n) is 10.6. The molecule has 0 heterocycles. The lowest BCUT2D eigenvalue weighted by Crippen LogP contribution is -2.63. The Balaban J connectivity index is 2.58. The summed E-state index contributed by atoms with van der Waals surface area (Å²) in [7, 11) is 0. The molecule has 1 saturated carbocycles. The van der Waals surface area contributed by atoms with Gasteiger partial charge >= 0.3 is 0 Å². The smallest absolute Gasteiger partial charge is 0.180 e. The van der Waals surface area contributed by atoms with Gasteiger partial charge in [0.2, 0.25) is 0 Å². The van der Waals surface area contributed by atoms with Gasteiger partial charge in [0.05, 0.1) is 12.0 Å². The Bertz CT molecular complexity index is 460. The second-order valence-corrected chi connectivity index (χ2v) is 5.76. The monoisotopic (exact) mass is 250 g/mol. The zero-order valence-corrected chi connectivity index (χ0v) is 10.6. The van der Waals surface area contributed by atoms with E-state index in [4.69, 9.17) is 0 Å². The number of Topliss-reactive ketones (excluding diaryl/α,β-unsaturated/α-hetero) is 1. The molecule has 0 unspecified atom stereocenters. The summed E-state index contributed by atoms with van der Waals surface area (Å²) in [5.74, 6) is -1.77. The highest BCUT2D eigenvalue weighted by atomic mass is 16.3. The van der Waals surface area contributed by atoms with Gasteiger partial charge in [-0.15, -0.1) is 6.58 Å². The van der Waals surface area contributed by atoms with Gasteiger partial charge in [-0.2, -0.15) is 0 Å². The van der Waals surface area contributed by atoms with Gasteiger partial charge in [0.15, 0.2) is 11.6 Å². The maximum atomic E-state index is 12.3. The SMILES string of the molecule is C=CCC1=CC(=O)[C@@H]2C(=O)[C@@]1(O)C[C@@H](O)C2(C)C. The van der Waals surface area contributed by atoms with E-state index in [0.717, 1.165) is 0 Å². The maximum absolute atomic E-state index is 12.3. The summed E-state index contributed by atoms with van der Waals surface area (Å²) in [5.41, 5.74) is -2.20. The summed E-state index contributed by atoms with van der Waals surface area (Å²) in [5, 5.41) is 20.6. The minimum absolute atomic E-state index is 0.0533. The first kappa shape index (κ1) is 13.2. The Morgan fingerprint density at radius 2 is 2.11 bits per heavy atom. The molecule has 0 amide bonds. The van der Waals surface area contributed by atoms with Crippen LogP contribution in [0.3, 0.4) is 0 Å². The van der Waals surface area contributed by atoms with Gasteiger partial charge in [0.1, 0.15) is 5.60 Å². The van der Waals surface area contributed by atoms with Crippen LogP contribution in [0.25, 0.3) is 0 Å². The van der Waals surface area contributed by atoms with Gasteiger partial charge < -0.3 is 10.2 Å². The number of fused-ring (bicyclic) bond motifs is 2. The molecule has 2 aliphatic carbocycles. The van der Waals surface area contributed by atoms with Gasteiger partial charge in [0.25, 0.3) is 0 Å². The van der Waals surface area contributed by atoms with E-state index in [9.17, 15) is 19.8 Å². The number of carbonyl (C=O) groups is 2. The molecule has 0 aliphatic heterocycles. The molecule has 2 bridgehead atoms. The van der Waals surface area contributed by atoms with E-state index < -0.39 is 28.8 Å². The molecule has 1 fully saturated rings. The van der Waals surface area contributed by atoms with Crippen molar-refractivity contribution in [2.24, 2.45) is 11.3 Å². The minimum atomic E-state index is -1.71. The molecule has 0 radical (unpaired) electrons. The Hall–Kier alpha value is -1.26. The normalized spacial score (nSPS) is 38.3. The third-order valence-electron chi connectivity index (χ3n) is 4.26. The molecule has 0 saturated heterocycles. The molecule has 2 aliphatic rings. The Labute approximate surface area is 106 Å². The molecular weight excluding hydrogens is 232 g/mol. The molecule has 3 atom stereocenters. The molecule has 4 nitrogen and oxygen atoms in total. The van der Waals surface area contributed by atoms with E-state index in [1.807, 2.05) is 0 Å². The molecule has 0 aromatic heterocycles. The fourth-order valence-corrected chi connectivity index (χ4v) is 2.96. The van der Waals surface area contributed by atoms with Crippen molar-refractivity contribution in [2.45, 2.75) is 38.4 Å². The fraction of sp³-hybridized carbons (Fsp3) is 0.571. The van der Waals surface area contributed by atoms with E-state index in [2.05, 4.69) is 6.58 Å². The largest absolute Gasteiger partial charge is 0.392 e. The maximum Gasteiger partial charge on any atom is 0.180 e. The van der Waals surface area contributed by atoms with Gasteiger partial charge in [-0.05, 0) is 18.1 Å². The van der Waals surface area contributed by atoms with Crippen LogP contribution in [0.4, 0.5) is 0 Å². The number of aliphatic hydroxyl groups excluding tert-OH is 1. The van der Waals surface area contributed by atoms with E-state index in [1.165, 1.54) is 12.2 Å². The van der Waals surface area contributed by atoms with Crippen LogP contribution in [0.15, 0.2) is 24.3 Å². The summed E-state index contributed by atoms with van der Waals surface area (Å²) in [6.07, 6.45) is 2.22. The van der Waals surface area contributed by atoms with E-state index in [0.29, 0.717) is 5.57 Å². The lowest BCUT2D eigenvalue weighted by atomic mass is 9.55. The van der Waals surface area contributed by atoms with Crippen LogP contribution in [0.2, 0.25) is 0 Å². The number of rotatable bonds is 2.